The van der Waals surface area contributed by atoms with Gasteiger partial charge in [0.25, 0.3) is 0 Å². The molecule has 0 bridgehead atoms. The summed E-state index contributed by atoms with van der Waals surface area (Å²) in [4.78, 5) is 21.0. The summed E-state index contributed by atoms with van der Waals surface area (Å²) in [5.41, 5.74) is 1.06. The Balaban J connectivity index is 2.48. The average Bonchev–Trinajstić information content (AvgIpc) is 2.26. The van der Waals surface area contributed by atoms with Crippen molar-refractivity contribution in [3.05, 3.63) is 35.9 Å². The summed E-state index contributed by atoms with van der Waals surface area (Å²) < 4.78 is 0. The second-order valence-electron chi connectivity index (χ2n) is 4.04. The Morgan fingerprint density at radius 3 is 2.00 bits per heavy atom. The molecule has 0 saturated carbocycles. The largest absolute Gasteiger partial charge is 0.550 e. The lowest BCUT2D eigenvalue weighted by Gasteiger charge is -2.17. The zero-order chi connectivity index (χ0) is 12.7. The number of aryl methyl sites for hydroxylation is 1. The zero-order valence-electron chi connectivity index (χ0n) is 9.43. The van der Waals surface area contributed by atoms with Crippen LogP contribution in [0, 0.1) is 5.92 Å². The number of hydrogen-bond donors (Lipinski definition) is 0. The van der Waals surface area contributed by atoms with Gasteiger partial charge in [-0.2, -0.15) is 0 Å². The van der Waals surface area contributed by atoms with E-state index in [-0.39, 0.29) is 12.8 Å². The molecule has 1 rings (SSSR count). The summed E-state index contributed by atoms with van der Waals surface area (Å²) >= 11 is 0. The molecule has 0 heterocycles. The van der Waals surface area contributed by atoms with Crippen molar-refractivity contribution in [1.29, 1.82) is 0 Å². The molecule has 0 atom stereocenters. The molecule has 0 saturated heterocycles. The van der Waals surface area contributed by atoms with Gasteiger partial charge in [-0.25, -0.2) is 0 Å². The Morgan fingerprint density at radius 1 is 1.00 bits per heavy atom. The normalized spacial score (nSPS) is 10.4. The van der Waals surface area contributed by atoms with Crippen LogP contribution in [0.3, 0.4) is 0 Å². The standard InChI is InChI=1S/C13H16O4/c14-12(15)8-11(9-13(16)17)7-6-10-4-2-1-3-5-10/h1-5,11H,6-9H2,(H,14,15)(H,16,17)/p-2. The van der Waals surface area contributed by atoms with Gasteiger partial charge in [0.1, 0.15) is 0 Å². The first-order valence-electron chi connectivity index (χ1n) is 5.51. The van der Waals surface area contributed by atoms with Crippen molar-refractivity contribution in [2.45, 2.75) is 25.7 Å². The number of benzene rings is 1. The summed E-state index contributed by atoms with van der Waals surface area (Å²) in [7, 11) is 0. The van der Waals surface area contributed by atoms with E-state index >= 15 is 0 Å². The van der Waals surface area contributed by atoms with E-state index in [0.29, 0.717) is 12.8 Å². The minimum absolute atomic E-state index is 0.235. The number of carbonyl (C=O) groups is 2. The van der Waals surface area contributed by atoms with Crippen LogP contribution in [-0.2, 0) is 16.0 Å². The molecule has 0 radical (unpaired) electrons. The molecule has 0 aromatic heterocycles. The maximum absolute atomic E-state index is 10.5. The van der Waals surface area contributed by atoms with E-state index in [1.54, 1.807) is 0 Å². The fourth-order valence-electron chi connectivity index (χ4n) is 1.76. The maximum atomic E-state index is 10.5. The molecule has 0 unspecified atom stereocenters. The minimum atomic E-state index is -1.22. The third-order valence-corrected chi connectivity index (χ3v) is 2.59. The number of carboxylic acids is 2. The summed E-state index contributed by atoms with van der Waals surface area (Å²) in [6, 6.07) is 9.52. The van der Waals surface area contributed by atoms with Gasteiger partial charge in [-0.3, -0.25) is 0 Å². The zero-order valence-corrected chi connectivity index (χ0v) is 9.43. The van der Waals surface area contributed by atoms with E-state index in [0.717, 1.165) is 5.56 Å². The van der Waals surface area contributed by atoms with Crippen LogP contribution in [0.2, 0.25) is 0 Å². The Labute approximate surface area is 99.9 Å². The second-order valence-corrected chi connectivity index (χ2v) is 4.04. The van der Waals surface area contributed by atoms with Gasteiger partial charge in [0.15, 0.2) is 0 Å². The molecular formula is C13H14O4-2. The number of carbonyl (C=O) groups excluding carboxylic acids is 2. The van der Waals surface area contributed by atoms with E-state index in [1.807, 2.05) is 30.3 Å². The lowest BCUT2D eigenvalue weighted by atomic mass is 9.93. The molecule has 0 aliphatic heterocycles. The molecule has 0 aliphatic carbocycles. The van der Waals surface area contributed by atoms with Crippen LogP contribution < -0.4 is 10.2 Å². The van der Waals surface area contributed by atoms with Crippen LogP contribution in [-0.4, -0.2) is 11.9 Å². The maximum Gasteiger partial charge on any atom is 0.0417 e. The van der Waals surface area contributed by atoms with E-state index in [9.17, 15) is 19.8 Å². The Hall–Kier alpha value is -1.84. The Morgan fingerprint density at radius 2 is 1.53 bits per heavy atom. The predicted molar refractivity (Wildman–Crippen MR) is 57.5 cm³/mol. The summed E-state index contributed by atoms with van der Waals surface area (Å²) in [5.74, 6) is -2.86. The Bertz CT molecular complexity index is 356. The summed E-state index contributed by atoms with van der Waals surface area (Å²) in [6.07, 6.45) is 0.694. The van der Waals surface area contributed by atoms with E-state index in [1.165, 1.54) is 0 Å². The van der Waals surface area contributed by atoms with E-state index in [2.05, 4.69) is 0 Å². The van der Waals surface area contributed by atoms with Crippen LogP contribution in [0.4, 0.5) is 0 Å². The van der Waals surface area contributed by atoms with E-state index in [4.69, 9.17) is 0 Å². The summed E-state index contributed by atoms with van der Waals surface area (Å²) in [5, 5.41) is 21.0. The summed E-state index contributed by atoms with van der Waals surface area (Å²) in [6.45, 7) is 0. The van der Waals surface area contributed by atoms with Crippen molar-refractivity contribution in [3.63, 3.8) is 0 Å². The molecule has 0 spiro atoms. The van der Waals surface area contributed by atoms with Crippen molar-refractivity contribution in [1.82, 2.24) is 0 Å². The quantitative estimate of drug-likeness (QED) is 0.638. The molecule has 1 aromatic carbocycles. The lowest BCUT2D eigenvalue weighted by molar-refractivity contribution is -0.309. The highest BCUT2D eigenvalue weighted by atomic mass is 16.4. The lowest BCUT2D eigenvalue weighted by Crippen LogP contribution is -2.30. The van der Waals surface area contributed by atoms with Crippen LogP contribution >= 0.6 is 0 Å². The molecule has 92 valence electrons. The molecule has 4 nitrogen and oxygen atoms in total. The van der Waals surface area contributed by atoms with Crippen LogP contribution in [0.15, 0.2) is 30.3 Å². The Kier molecular flexibility index (Phi) is 5.20. The van der Waals surface area contributed by atoms with Crippen molar-refractivity contribution >= 4 is 11.9 Å². The highest BCUT2D eigenvalue weighted by molar-refractivity contribution is 5.68. The third kappa shape index (κ3) is 5.70. The number of rotatable bonds is 7. The third-order valence-electron chi connectivity index (χ3n) is 2.59. The van der Waals surface area contributed by atoms with Crippen molar-refractivity contribution in [2.24, 2.45) is 5.92 Å². The van der Waals surface area contributed by atoms with Crippen molar-refractivity contribution < 1.29 is 19.8 Å². The SMILES string of the molecule is O=C([O-])CC(CCc1ccccc1)CC(=O)[O-]. The van der Waals surface area contributed by atoms with Gasteiger partial charge in [-0.05, 0) is 37.2 Å². The monoisotopic (exact) mass is 234 g/mol. The topological polar surface area (TPSA) is 80.3 Å². The molecule has 0 fully saturated rings. The number of aliphatic carboxylic acids is 2. The highest BCUT2D eigenvalue weighted by Gasteiger charge is 2.10. The first-order chi connectivity index (χ1) is 8.08. The van der Waals surface area contributed by atoms with E-state index < -0.39 is 17.9 Å². The molecule has 17 heavy (non-hydrogen) atoms. The van der Waals surface area contributed by atoms with Gasteiger partial charge < -0.3 is 19.8 Å². The fourth-order valence-corrected chi connectivity index (χ4v) is 1.76. The van der Waals surface area contributed by atoms with Gasteiger partial charge in [-0.15, -0.1) is 0 Å². The second kappa shape index (κ2) is 6.68. The van der Waals surface area contributed by atoms with Crippen LogP contribution in [0.1, 0.15) is 24.8 Å². The first-order valence-corrected chi connectivity index (χ1v) is 5.51. The molecular weight excluding hydrogens is 220 g/mol. The van der Waals surface area contributed by atoms with Crippen molar-refractivity contribution in [3.8, 4) is 0 Å². The molecule has 0 N–H and O–H groups in total. The van der Waals surface area contributed by atoms with Gasteiger partial charge in [0, 0.05) is 11.9 Å². The van der Waals surface area contributed by atoms with Crippen molar-refractivity contribution in [2.75, 3.05) is 0 Å². The predicted octanol–water partition coefficient (Wildman–Crippen LogP) is -0.485. The van der Waals surface area contributed by atoms with Crippen LogP contribution in [0.25, 0.3) is 0 Å². The van der Waals surface area contributed by atoms with Gasteiger partial charge >= 0.3 is 0 Å². The number of hydrogen-bond acceptors (Lipinski definition) is 4. The van der Waals surface area contributed by atoms with Crippen LogP contribution in [0.5, 0.6) is 0 Å². The van der Waals surface area contributed by atoms with Gasteiger partial charge in [0.2, 0.25) is 0 Å². The van der Waals surface area contributed by atoms with Gasteiger partial charge in [-0.1, -0.05) is 30.3 Å². The molecule has 0 amide bonds. The first kappa shape index (κ1) is 13.2. The average molecular weight is 234 g/mol. The fraction of sp³-hybridized carbons (Fsp3) is 0.385. The smallest absolute Gasteiger partial charge is 0.0417 e. The highest BCUT2D eigenvalue weighted by Crippen LogP contribution is 2.16. The van der Waals surface area contributed by atoms with Gasteiger partial charge in [0.05, 0.1) is 0 Å². The molecule has 0 aliphatic rings. The minimum Gasteiger partial charge on any atom is -0.550 e. The molecule has 4 heteroatoms. The number of carboxylic acid groups (broad SMARTS) is 2. The molecule has 1 aromatic rings.